The molecule has 0 saturated carbocycles. The predicted octanol–water partition coefficient (Wildman–Crippen LogP) is 5.47. The van der Waals surface area contributed by atoms with Crippen molar-refractivity contribution in [3.63, 3.8) is 0 Å². The summed E-state index contributed by atoms with van der Waals surface area (Å²) in [5.74, 6) is 1.14. The van der Waals surface area contributed by atoms with E-state index in [0.717, 1.165) is 31.1 Å². The molecule has 0 aromatic heterocycles. The number of nitrogens with one attached hydrogen (secondary N) is 2. The lowest BCUT2D eigenvalue weighted by molar-refractivity contribution is 0.124. The highest BCUT2D eigenvalue weighted by Crippen LogP contribution is 2.34. The summed E-state index contributed by atoms with van der Waals surface area (Å²) < 4.78 is 5.36. The third kappa shape index (κ3) is 8.77. The zero-order valence-corrected chi connectivity index (χ0v) is 18.9. The van der Waals surface area contributed by atoms with Crippen LogP contribution in [-0.4, -0.2) is 32.8 Å². The van der Waals surface area contributed by atoms with Crippen LogP contribution in [0.2, 0.25) is 0 Å². The molecule has 6 nitrogen and oxygen atoms in total. The number of hydrogen-bond donors (Lipinski definition) is 2. The molecule has 1 heterocycles. The summed E-state index contributed by atoms with van der Waals surface area (Å²) in [6.07, 6.45) is 5.24. The fraction of sp³-hybridized carbons (Fsp3) is 0.609. The summed E-state index contributed by atoms with van der Waals surface area (Å²) in [5, 5.41) is 13.0. The molecule has 0 saturated heterocycles. The molecule has 29 heavy (non-hydrogen) atoms. The minimum Gasteiger partial charge on any atom is -0.380 e. The van der Waals surface area contributed by atoms with Gasteiger partial charge in [-0.25, -0.2) is 4.79 Å². The number of nitrogens with zero attached hydrogens (tertiary/aromatic N) is 2. The van der Waals surface area contributed by atoms with Gasteiger partial charge in [-0.3, -0.25) is 0 Å². The van der Waals surface area contributed by atoms with Crippen molar-refractivity contribution in [2.24, 2.45) is 16.1 Å². The molecule has 1 aromatic rings. The summed E-state index contributed by atoms with van der Waals surface area (Å²) in [6, 6.07) is 6.32. The first-order valence-electron chi connectivity index (χ1n) is 10.6. The second-order valence-corrected chi connectivity index (χ2v) is 7.44. The van der Waals surface area contributed by atoms with Crippen LogP contribution in [0.1, 0.15) is 62.6 Å². The largest absolute Gasteiger partial charge is 0.380 e. The number of aryl methyl sites for hydroxylation is 1. The maximum Gasteiger partial charge on any atom is 0.314 e. The van der Waals surface area contributed by atoms with Crippen molar-refractivity contribution in [3.05, 3.63) is 46.8 Å². The van der Waals surface area contributed by atoms with Crippen LogP contribution >= 0.6 is 0 Å². The molecule has 0 aliphatic carbocycles. The first-order valence-corrected chi connectivity index (χ1v) is 10.6. The molecular formula is C23H38N4O2. The monoisotopic (exact) mass is 402 g/mol. The van der Waals surface area contributed by atoms with Gasteiger partial charge in [-0.15, -0.1) is 0 Å². The Balaban J connectivity index is 0.000000291. The fourth-order valence-corrected chi connectivity index (χ4v) is 2.94. The van der Waals surface area contributed by atoms with Crippen LogP contribution in [0.25, 0.3) is 0 Å². The molecule has 2 N–H and O–H groups in total. The van der Waals surface area contributed by atoms with E-state index in [4.69, 9.17) is 4.74 Å². The summed E-state index contributed by atoms with van der Waals surface area (Å²) >= 11 is 0. The Morgan fingerprint density at radius 2 is 1.90 bits per heavy atom. The highest BCUT2D eigenvalue weighted by molar-refractivity contribution is 5.73. The lowest BCUT2D eigenvalue weighted by Crippen LogP contribution is -2.34. The number of rotatable bonds is 10. The topological polar surface area (TPSA) is 75.1 Å². The van der Waals surface area contributed by atoms with Crippen LogP contribution in [0.3, 0.4) is 0 Å². The van der Waals surface area contributed by atoms with Gasteiger partial charge in [-0.05, 0) is 49.3 Å². The van der Waals surface area contributed by atoms with E-state index in [1.807, 2.05) is 6.20 Å². The molecule has 2 atom stereocenters. The lowest BCUT2D eigenvalue weighted by Gasteiger charge is -2.20. The number of amides is 2. The van der Waals surface area contributed by atoms with Crippen LogP contribution in [-0.2, 0) is 4.74 Å². The van der Waals surface area contributed by atoms with Gasteiger partial charge in [0.1, 0.15) is 0 Å². The second kappa shape index (κ2) is 13.9. The average Bonchev–Trinajstić information content (AvgIpc) is 2.69. The Bertz CT molecular complexity index is 685. The Kier molecular flexibility index (Phi) is 11.9. The van der Waals surface area contributed by atoms with Gasteiger partial charge in [0.25, 0.3) is 0 Å². The number of hydrogen-bond acceptors (Lipinski definition) is 4. The van der Waals surface area contributed by atoms with E-state index in [-0.39, 0.29) is 6.03 Å². The Morgan fingerprint density at radius 1 is 1.17 bits per heavy atom. The van der Waals surface area contributed by atoms with Crippen molar-refractivity contribution >= 4 is 6.03 Å². The summed E-state index contributed by atoms with van der Waals surface area (Å²) in [7, 11) is 1.60. The Labute approximate surface area is 176 Å². The highest BCUT2D eigenvalue weighted by atomic mass is 16.5. The van der Waals surface area contributed by atoms with Gasteiger partial charge in [0.15, 0.2) is 0 Å². The summed E-state index contributed by atoms with van der Waals surface area (Å²) in [6.45, 7) is 12.9. The van der Waals surface area contributed by atoms with Gasteiger partial charge >= 0.3 is 6.03 Å². The van der Waals surface area contributed by atoms with E-state index in [9.17, 15) is 4.79 Å². The number of ether oxygens (including phenoxy) is 1. The molecular weight excluding hydrogens is 364 g/mol. The molecule has 1 aromatic carbocycles. The van der Waals surface area contributed by atoms with E-state index in [1.54, 1.807) is 7.05 Å². The molecule has 1 aliphatic heterocycles. The maximum atomic E-state index is 10.7. The number of allylic oxidation sites excluding steroid dienone is 1. The number of benzene rings is 1. The van der Waals surface area contributed by atoms with Crippen molar-refractivity contribution in [2.75, 3.05) is 26.8 Å². The van der Waals surface area contributed by atoms with Gasteiger partial charge in [-0.2, -0.15) is 10.2 Å². The van der Waals surface area contributed by atoms with E-state index >= 15 is 0 Å². The summed E-state index contributed by atoms with van der Waals surface area (Å²) in [5.41, 5.74) is 5.24. The van der Waals surface area contributed by atoms with Gasteiger partial charge in [0.05, 0.1) is 18.5 Å². The molecule has 6 heteroatoms. The third-order valence-electron chi connectivity index (χ3n) is 5.36. The van der Waals surface area contributed by atoms with Gasteiger partial charge < -0.3 is 15.4 Å². The minimum absolute atomic E-state index is 0.157. The normalized spacial score (nSPS) is 14.1. The maximum absolute atomic E-state index is 10.7. The highest BCUT2D eigenvalue weighted by Gasteiger charge is 2.20. The standard InChI is InChI=1S/C13H16N2.C10H22N2O2/c1-4-11(13-8-14-15-13)12-7-5-6-9(2)10(12)3;1-4-9(2)5-7-14-8-6-12-10(13)11-3/h5-8,11H,4H2,1-3H3;9H,4-8H2,1-3H3,(H2,11,12,13). The number of carbonyl (C=O) groups is 1. The zero-order valence-electron chi connectivity index (χ0n) is 18.9. The van der Waals surface area contributed by atoms with Gasteiger partial charge in [-0.1, -0.05) is 45.4 Å². The van der Waals surface area contributed by atoms with Crippen molar-refractivity contribution in [2.45, 2.75) is 59.8 Å². The van der Waals surface area contributed by atoms with Crippen LogP contribution in [0.4, 0.5) is 4.79 Å². The first-order chi connectivity index (χ1) is 13.9. The number of azo groups is 1. The van der Waals surface area contributed by atoms with Crippen LogP contribution in [0.15, 0.2) is 40.3 Å². The molecule has 1 aliphatic rings. The smallest absolute Gasteiger partial charge is 0.314 e. The third-order valence-corrected chi connectivity index (χ3v) is 5.36. The molecule has 0 fully saturated rings. The average molecular weight is 403 g/mol. The van der Waals surface area contributed by atoms with Crippen molar-refractivity contribution < 1.29 is 9.53 Å². The van der Waals surface area contributed by atoms with Crippen molar-refractivity contribution in [1.82, 2.24) is 10.6 Å². The Hall–Kier alpha value is -2.21. The molecule has 0 spiro atoms. The predicted molar refractivity (Wildman–Crippen MR) is 119 cm³/mol. The van der Waals surface area contributed by atoms with Gasteiger partial charge in [0.2, 0.25) is 0 Å². The molecule has 2 amide bonds. The van der Waals surface area contributed by atoms with Crippen molar-refractivity contribution in [1.29, 1.82) is 0 Å². The lowest BCUT2D eigenvalue weighted by atomic mass is 9.88. The second-order valence-electron chi connectivity index (χ2n) is 7.44. The first kappa shape index (κ1) is 24.8. The molecule has 162 valence electrons. The van der Waals surface area contributed by atoms with Crippen LogP contribution < -0.4 is 10.6 Å². The molecule has 0 radical (unpaired) electrons. The van der Waals surface area contributed by atoms with E-state index in [1.165, 1.54) is 23.1 Å². The van der Waals surface area contributed by atoms with E-state index in [0.29, 0.717) is 19.1 Å². The molecule has 2 unspecified atom stereocenters. The van der Waals surface area contributed by atoms with E-state index < -0.39 is 0 Å². The number of carbonyl (C=O) groups excluding carboxylic acids is 1. The van der Waals surface area contributed by atoms with Crippen LogP contribution in [0, 0.1) is 19.8 Å². The zero-order chi connectivity index (χ0) is 21.6. The van der Waals surface area contributed by atoms with Crippen LogP contribution in [0.5, 0.6) is 0 Å². The van der Waals surface area contributed by atoms with Crippen molar-refractivity contribution in [3.8, 4) is 0 Å². The molecule has 0 bridgehead atoms. The number of urea groups is 1. The van der Waals surface area contributed by atoms with Gasteiger partial charge in [0, 0.05) is 26.1 Å². The van der Waals surface area contributed by atoms with E-state index in [2.05, 4.69) is 73.7 Å². The molecule has 2 rings (SSSR count). The fourth-order valence-electron chi connectivity index (χ4n) is 2.94. The Morgan fingerprint density at radius 3 is 2.45 bits per heavy atom. The quantitative estimate of drug-likeness (QED) is 0.509. The SMILES string of the molecule is CCC(C)CCOCCNC(=O)NC.CCC(C1=CN=N1)c1cccc(C)c1C. The minimum atomic E-state index is -0.157. The summed E-state index contributed by atoms with van der Waals surface area (Å²) in [4.78, 5) is 10.7.